The number of para-hydroxylation sites is 1. The number of nitrogens with one attached hydrogen (secondary N) is 1. The highest BCUT2D eigenvalue weighted by molar-refractivity contribution is 7.99. The van der Waals surface area contributed by atoms with Gasteiger partial charge in [-0.1, -0.05) is 36.0 Å². The first kappa shape index (κ1) is 19.4. The first-order chi connectivity index (χ1) is 12.9. The molecular formula is C20H20F2N2O2S. The Hall–Kier alpha value is -2.41. The van der Waals surface area contributed by atoms with Gasteiger partial charge in [0, 0.05) is 23.5 Å². The van der Waals surface area contributed by atoms with Crippen LogP contribution in [0, 0.1) is 19.8 Å². The Labute approximate surface area is 160 Å². The van der Waals surface area contributed by atoms with E-state index in [1.54, 1.807) is 23.1 Å². The van der Waals surface area contributed by atoms with E-state index >= 15 is 0 Å². The molecule has 1 N–H and O–H groups in total. The fraction of sp³-hybridized carbons (Fsp3) is 0.300. The lowest BCUT2D eigenvalue weighted by molar-refractivity contribution is -0.122. The zero-order valence-electron chi connectivity index (χ0n) is 15.0. The predicted molar refractivity (Wildman–Crippen MR) is 103 cm³/mol. The minimum atomic E-state index is -2.57. The summed E-state index contributed by atoms with van der Waals surface area (Å²) in [4.78, 5) is 27.0. The second kappa shape index (κ2) is 8.08. The molecule has 1 fully saturated rings. The average molecular weight is 390 g/mol. The smallest absolute Gasteiger partial charge is 0.288 e. The second-order valence-electron chi connectivity index (χ2n) is 6.49. The lowest BCUT2D eigenvalue weighted by Gasteiger charge is -2.20. The molecule has 1 atom stereocenters. The molecule has 27 heavy (non-hydrogen) atoms. The maximum atomic E-state index is 12.7. The Morgan fingerprint density at radius 2 is 1.93 bits per heavy atom. The number of benzene rings is 2. The summed E-state index contributed by atoms with van der Waals surface area (Å²) in [6, 6.07) is 12.2. The van der Waals surface area contributed by atoms with Crippen LogP contribution in [-0.2, 0) is 9.59 Å². The van der Waals surface area contributed by atoms with E-state index in [0.29, 0.717) is 22.3 Å². The maximum Gasteiger partial charge on any atom is 0.288 e. The summed E-state index contributed by atoms with van der Waals surface area (Å²) in [5.74, 6) is -3.55. The van der Waals surface area contributed by atoms with E-state index in [1.807, 2.05) is 32.0 Å². The summed E-state index contributed by atoms with van der Waals surface area (Å²) in [7, 11) is 0. The number of anilines is 2. The predicted octanol–water partition coefficient (Wildman–Crippen LogP) is 4.61. The quantitative estimate of drug-likeness (QED) is 0.759. The van der Waals surface area contributed by atoms with Crippen LogP contribution in [0.1, 0.15) is 17.5 Å². The van der Waals surface area contributed by atoms with Crippen molar-refractivity contribution in [2.24, 2.45) is 5.92 Å². The third-order valence-electron chi connectivity index (χ3n) is 4.72. The summed E-state index contributed by atoms with van der Waals surface area (Å²) in [6.45, 7) is 4.20. The summed E-state index contributed by atoms with van der Waals surface area (Å²) >= 11 is 0.386. The fourth-order valence-electron chi connectivity index (χ4n) is 3.15. The largest absolute Gasteiger partial charge is 0.325 e. The molecular weight excluding hydrogens is 370 g/mol. The molecule has 1 aliphatic rings. The van der Waals surface area contributed by atoms with Gasteiger partial charge in [-0.05, 0) is 43.2 Å². The van der Waals surface area contributed by atoms with Gasteiger partial charge in [0.15, 0.2) is 0 Å². The second-order valence-corrected chi connectivity index (χ2v) is 7.52. The van der Waals surface area contributed by atoms with E-state index in [0.717, 1.165) is 16.8 Å². The van der Waals surface area contributed by atoms with Crippen LogP contribution in [0.15, 0.2) is 47.4 Å². The third-order valence-corrected chi connectivity index (χ3v) is 5.51. The fourth-order valence-corrected chi connectivity index (χ4v) is 3.74. The van der Waals surface area contributed by atoms with Crippen LogP contribution in [0.5, 0.6) is 0 Å². The molecule has 1 saturated heterocycles. The van der Waals surface area contributed by atoms with Gasteiger partial charge >= 0.3 is 0 Å². The molecule has 0 saturated carbocycles. The minimum absolute atomic E-state index is 0.101. The molecule has 7 heteroatoms. The van der Waals surface area contributed by atoms with Crippen molar-refractivity contribution < 1.29 is 18.4 Å². The van der Waals surface area contributed by atoms with Gasteiger partial charge in [0.2, 0.25) is 11.8 Å². The first-order valence-corrected chi connectivity index (χ1v) is 9.46. The molecule has 2 aromatic rings. The van der Waals surface area contributed by atoms with Crippen LogP contribution < -0.4 is 10.2 Å². The van der Waals surface area contributed by atoms with E-state index in [4.69, 9.17) is 0 Å². The van der Waals surface area contributed by atoms with E-state index in [-0.39, 0.29) is 24.8 Å². The van der Waals surface area contributed by atoms with E-state index in [2.05, 4.69) is 5.32 Å². The average Bonchev–Trinajstić information content (AvgIpc) is 3.00. The van der Waals surface area contributed by atoms with Crippen LogP contribution in [0.25, 0.3) is 0 Å². The highest BCUT2D eigenvalue weighted by atomic mass is 32.2. The first-order valence-electron chi connectivity index (χ1n) is 8.58. The Morgan fingerprint density at radius 1 is 1.19 bits per heavy atom. The number of nitrogens with zero attached hydrogens (tertiary/aromatic N) is 1. The number of carbonyl (C=O) groups excluding carboxylic acids is 2. The SMILES string of the molecule is Cc1cccc(N2CC(C(=O)Nc3ccccc3SC(F)F)CC2=O)c1C. The van der Waals surface area contributed by atoms with Crippen molar-refractivity contribution >= 4 is 35.0 Å². The number of halogens is 2. The number of thioether (sulfide) groups is 1. The molecule has 2 amide bonds. The van der Waals surface area contributed by atoms with Crippen LogP contribution >= 0.6 is 11.8 Å². The Kier molecular flexibility index (Phi) is 5.79. The van der Waals surface area contributed by atoms with E-state index in [1.165, 1.54) is 6.07 Å². The molecule has 4 nitrogen and oxygen atoms in total. The lowest BCUT2D eigenvalue weighted by atomic mass is 10.1. The van der Waals surface area contributed by atoms with Crippen LogP contribution in [0.2, 0.25) is 0 Å². The van der Waals surface area contributed by atoms with Crippen molar-refractivity contribution in [1.29, 1.82) is 0 Å². The van der Waals surface area contributed by atoms with E-state index < -0.39 is 11.7 Å². The molecule has 142 valence electrons. The third kappa shape index (κ3) is 4.30. The highest BCUT2D eigenvalue weighted by Crippen LogP contribution is 2.33. The number of aryl methyl sites for hydroxylation is 1. The van der Waals surface area contributed by atoms with Crippen molar-refractivity contribution in [3.8, 4) is 0 Å². The molecule has 0 aliphatic carbocycles. The Morgan fingerprint density at radius 3 is 2.67 bits per heavy atom. The zero-order valence-corrected chi connectivity index (χ0v) is 15.9. The minimum Gasteiger partial charge on any atom is -0.325 e. The van der Waals surface area contributed by atoms with Gasteiger partial charge in [0.25, 0.3) is 5.76 Å². The number of carbonyl (C=O) groups is 2. The van der Waals surface area contributed by atoms with Gasteiger partial charge < -0.3 is 10.2 Å². The van der Waals surface area contributed by atoms with Gasteiger partial charge in [0.1, 0.15) is 0 Å². The van der Waals surface area contributed by atoms with Crippen molar-refractivity contribution in [3.05, 3.63) is 53.6 Å². The molecule has 0 bridgehead atoms. The number of hydrogen-bond donors (Lipinski definition) is 1. The summed E-state index contributed by atoms with van der Waals surface area (Å²) in [6.07, 6.45) is 0.101. The van der Waals surface area contributed by atoms with Crippen molar-refractivity contribution in [1.82, 2.24) is 0 Å². The zero-order chi connectivity index (χ0) is 19.6. The molecule has 0 aromatic heterocycles. The number of amides is 2. The monoisotopic (exact) mass is 390 g/mol. The summed E-state index contributed by atoms with van der Waals surface area (Å²) < 4.78 is 25.4. The van der Waals surface area contributed by atoms with Gasteiger partial charge in [-0.25, -0.2) is 0 Å². The van der Waals surface area contributed by atoms with Crippen LogP contribution in [0.3, 0.4) is 0 Å². The van der Waals surface area contributed by atoms with Gasteiger partial charge in [-0.3, -0.25) is 9.59 Å². The lowest BCUT2D eigenvalue weighted by Crippen LogP contribution is -2.28. The molecule has 1 aliphatic heterocycles. The van der Waals surface area contributed by atoms with E-state index in [9.17, 15) is 18.4 Å². The molecule has 1 unspecified atom stereocenters. The number of alkyl halides is 2. The van der Waals surface area contributed by atoms with Crippen molar-refractivity contribution in [3.63, 3.8) is 0 Å². The highest BCUT2D eigenvalue weighted by Gasteiger charge is 2.36. The molecule has 2 aromatic carbocycles. The number of hydrogen-bond acceptors (Lipinski definition) is 3. The standard InChI is InChI=1S/C20H20F2N2O2S/c1-12-6-5-8-16(13(12)2)24-11-14(10-18(24)25)19(26)23-15-7-3-4-9-17(15)27-20(21)22/h3-9,14,20H,10-11H2,1-2H3,(H,23,26). The Bertz CT molecular complexity index is 873. The summed E-state index contributed by atoms with van der Waals surface area (Å²) in [5.41, 5.74) is 3.23. The number of rotatable bonds is 5. The molecule has 3 rings (SSSR count). The normalized spacial score (nSPS) is 16.9. The van der Waals surface area contributed by atoms with Crippen LogP contribution in [-0.4, -0.2) is 24.1 Å². The molecule has 0 radical (unpaired) electrons. The maximum absolute atomic E-state index is 12.7. The van der Waals surface area contributed by atoms with Crippen molar-refractivity contribution in [2.45, 2.75) is 30.9 Å². The topological polar surface area (TPSA) is 49.4 Å². The van der Waals surface area contributed by atoms with Crippen molar-refractivity contribution in [2.75, 3.05) is 16.8 Å². The van der Waals surface area contributed by atoms with Crippen LogP contribution in [0.4, 0.5) is 20.2 Å². The molecule has 0 spiro atoms. The van der Waals surface area contributed by atoms with Gasteiger partial charge in [-0.15, -0.1) is 0 Å². The van der Waals surface area contributed by atoms with Gasteiger partial charge in [0.05, 0.1) is 11.6 Å². The Balaban J connectivity index is 1.74. The van der Waals surface area contributed by atoms with Gasteiger partial charge in [-0.2, -0.15) is 8.78 Å². The summed E-state index contributed by atoms with van der Waals surface area (Å²) in [5, 5.41) is 2.70. The molecule has 1 heterocycles.